The monoisotopic (exact) mass is 307 g/mol. The lowest BCUT2D eigenvalue weighted by molar-refractivity contribution is 1.23. The van der Waals surface area contributed by atoms with Crippen molar-refractivity contribution in [3.8, 4) is 22.4 Å². The van der Waals surface area contributed by atoms with Crippen LogP contribution in [0.3, 0.4) is 0 Å². The summed E-state index contributed by atoms with van der Waals surface area (Å²) in [7, 11) is 0. The van der Waals surface area contributed by atoms with Crippen molar-refractivity contribution in [2.45, 2.75) is 13.3 Å². The molecule has 24 heavy (non-hydrogen) atoms. The van der Waals surface area contributed by atoms with Crippen molar-refractivity contribution in [3.05, 3.63) is 89.6 Å². The lowest BCUT2D eigenvalue weighted by Crippen LogP contribution is -1.89. The number of rotatable bonds is 1. The van der Waals surface area contributed by atoms with Gasteiger partial charge in [-0.15, -0.1) is 0 Å². The van der Waals surface area contributed by atoms with Crippen LogP contribution in [0.15, 0.2) is 72.9 Å². The Hall–Kier alpha value is -2.93. The van der Waals surface area contributed by atoms with E-state index in [0.29, 0.717) is 0 Å². The van der Waals surface area contributed by atoms with Gasteiger partial charge in [-0.05, 0) is 46.0 Å². The highest BCUT2D eigenvalue weighted by Crippen LogP contribution is 2.39. The predicted molar refractivity (Wildman–Crippen MR) is 100 cm³/mol. The highest BCUT2D eigenvalue weighted by atomic mass is 14.7. The molecule has 0 N–H and O–H groups in total. The third-order valence-corrected chi connectivity index (χ3v) is 5.04. The number of fused-ring (bicyclic) bond motifs is 4. The SMILES string of the molecule is Cc1cccc2c1-c1ncc(-c3cccc4ccccc34)cc1C2. The van der Waals surface area contributed by atoms with E-state index in [1.54, 1.807) is 0 Å². The van der Waals surface area contributed by atoms with Gasteiger partial charge >= 0.3 is 0 Å². The summed E-state index contributed by atoms with van der Waals surface area (Å²) in [5, 5.41) is 2.56. The van der Waals surface area contributed by atoms with Crippen LogP contribution >= 0.6 is 0 Å². The molecule has 0 aliphatic heterocycles. The van der Waals surface area contributed by atoms with Crippen molar-refractivity contribution in [1.82, 2.24) is 4.98 Å². The lowest BCUT2D eigenvalue weighted by atomic mass is 9.98. The molecular weight excluding hydrogens is 290 g/mol. The average Bonchev–Trinajstić information content (AvgIpc) is 3.00. The minimum Gasteiger partial charge on any atom is -0.255 e. The molecular formula is C23H17N. The molecule has 4 aromatic rings. The van der Waals surface area contributed by atoms with Gasteiger partial charge in [0.1, 0.15) is 0 Å². The van der Waals surface area contributed by atoms with Gasteiger partial charge in [-0.1, -0.05) is 60.7 Å². The van der Waals surface area contributed by atoms with Crippen molar-refractivity contribution in [3.63, 3.8) is 0 Å². The Bertz CT molecular complexity index is 1090. The Morgan fingerprint density at radius 2 is 1.67 bits per heavy atom. The smallest absolute Gasteiger partial charge is 0.0743 e. The summed E-state index contributed by atoms with van der Waals surface area (Å²) in [5.74, 6) is 0. The molecule has 0 saturated heterocycles. The van der Waals surface area contributed by atoms with Gasteiger partial charge < -0.3 is 0 Å². The van der Waals surface area contributed by atoms with Gasteiger partial charge in [0, 0.05) is 23.7 Å². The molecule has 0 saturated carbocycles. The first-order chi connectivity index (χ1) is 11.8. The van der Waals surface area contributed by atoms with E-state index in [-0.39, 0.29) is 0 Å². The van der Waals surface area contributed by atoms with Crippen molar-refractivity contribution in [2.75, 3.05) is 0 Å². The van der Waals surface area contributed by atoms with E-state index in [1.807, 2.05) is 6.20 Å². The Kier molecular flexibility index (Phi) is 2.83. The highest BCUT2D eigenvalue weighted by Gasteiger charge is 2.21. The normalized spacial score (nSPS) is 12.2. The number of benzene rings is 3. The molecule has 5 rings (SSSR count). The molecule has 0 spiro atoms. The van der Waals surface area contributed by atoms with Crippen LogP contribution < -0.4 is 0 Å². The van der Waals surface area contributed by atoms with E-state index in [1.165, 1.54) is 44.2 Å². The zero-order chi connectivity index (χ0) is 16.1. The van der Waals surface area contributed by atoms with Crippen molar-refractivity contribution in [1.29, 1.82) is 0 Å². The fourth-order valence-electron chi connectivity index (χ4n) is 3.91. The molecule has 1 nitrogen and oxygen atoms in total. The predicted octanol–water partition coefficient (Wildman–Crippen LogP) is 5.78. The number of pyridine rings is 1. The Labute approximate surface area is 141 Å². The fraction of sp³-hybridized carbons (Fsp3) is 0.0870. The van der Waals surface area contributed by atoms with E-state index in [4.69, 9.17) is 4.98 Å². The van der Waals surface area contributed by atoms with E-state index >= 15 is 0 Å². The van der Waals surface area contributed by atoms with Gasteiger partial charge in [-0.3, -0.25) is 4.98 Å². The molecule has 1 aliphatic carbocycles. The van der Waals surface area contributed by atoms with Gasteiger partial charge in [-0.2, -0.15) is 0 Å². The third-order valence-electron chi connectivity index (χ3n) is 5.04. The zero-order valence-electron chi connectivity index (χ0n) is 13.6. The number of nitrogens with zero attached hydrogens (tertiary/aromatic N) is 1. The largest absolute Gasteiger partial charge is 0.255 e. The molecule has 0 atom stereocenters. The molecule has 0 unspecified atom stereocenters. The van der Waals surface area contributed by atoms with Gasteiger partial charge in [0.25, 0.3) is 0 Å². The van der Waals surface area contributed by atoms with Crippen molar-refractivity contribution >= 4 is 10.8 Å². The maximum atomic E-state index is 4.84. The summed E-state index contributed by atoms with van der Waals surface area (Å²) in [6.07, 6.45) is 3.01. The quantitative estimate of drug-likeness (QED) is 0.382. The van der Waals surface area contributed by atoms with Crippen LogP contribution in [0.1, 0.15) is 16.7 Å². The van der Waals surface area contributed by atoms with Crippen LogP contribution in [-0.4, -0.2) is 4.98 Å². The van der Waals surface area contributed by atoms with Crippen molar-refractivity contribution < 1.29 is 0 Å². The van der Waals surface area contributed by atoms with Gasteiger partial charge in [0.15, 0.2) is 0 Å². The highest BCUT2D eigenvalue weighted by molar-refractivity contribution is 5.97. The van der Waals surface area contributed by atoms with Gasteiger partial charge in [0.05, 0.1) is 5.69 Å². The van der Waals surface area contributed by atoms with E-state index in [2.05, 4.69) is 73.7 Å². The van der Waals surface area contributed by atoms with Crippen LogP contribution in [0.25, 0.3) is 33.2 Å². The molecule has 1 aliphatic rings. The maximum absolute atomic E-state index is 4.84. The van der Waals surface area contributed by atoms with Crippen LogP contribution in [-0.2, 0) is 6.42 Å². The molecule has 0 amide bonds. The first kappa shape index (κ1) is 13.5. The Balaban J connectivity index is 1.70. The second kappa shape index (κ2) is 5.04. The molecule has 0 fully saturated rings. The molecule has 114 valence electrons. The second-order valence-electron chi connectivity index (χ2n) is 6.54. The summed E-state index contributed by atoms with van der Waals surface area (Å²) >= 11 is 0. The summed E-state index contributed by atoms with van der Waals surface area (Å²) in [5.41, 5.74) is 9.00. The molecule has 1 aromatic heterocycles. The van der Waals surface area contributed by atoms with E-state index in [0.717, 1.165) is 12.1 Å². The Morgan fingerprint density at radius 3 is 2.62 bits per heavy atom. The number of aromatic nitrogens is 1. The first-order valence-corrected chi connectivity index (χ1v) is 8.37. The second-order valence-corrected chi connectivity index (χ2v) is 6.54. The minimum absolute atomic E-state index is 0.984. The number of hydrogen-bond donors (Lipinski definition) is 0. The molecule has 0 radical (unpaired) electrons. The fourth-order valence-corrected chi connectivity index (χ4v) is 3.91. The summed E-state index contributed by atoms with van der Waals surface area (Å²) in [6.45, 7) is 2.17. The van der Waals surface area contributed by atoms with Crippen LogP contribution in [0.4, 0.5) is 0 Å². The summed E-state index contributed by atoms with van der Waals surface area (Å²) in [4.78, 5) is 4.84. The van der Waals surface area contributed by atoms with Crippen LogP contribution in [0, 0.1) is 6.92 Å². The lowest BCUT2D eigenvalue weighted by Gasteiger charge is -2.09. The van der Waals surface area contributed by atoms with E-state index in [9.17, 15) is 0 Å². The first-order valence-electron chi connectivity index (χ1n) is 8.37. The summed E-state index contributed by atoms with van der Waals surface area (Å²) < 4.78 is 0. The number of aryl methyl sites for hydroxylation is 1. The van der Waals surface area contributed by atoms with Crippen LogP contribution in [0.2, 0.25) is 0 Å². The summed E-state index contributed by atoms with van der Waals surface area (Å²) in [6, 6.07) is 23.9. The standard InChI is InChI=1S/C23H17N/c1-15-6-4-9-17-12-18-13-19(14-24-23(18)22(15)17)21-11-5-8-16-7-2-3-10-20(16)21/h2-11,13-14H,12H2,1H3. The van der Waals surface area contributed by atoms with E-state index < -0.39 is 0 Å². The van der Waals surface area contributed by atoms with Gasteiger partial charge in [0.2, 0.25) is 0 Å². The molecule has 3 aromatic carbocycles. The molecule has 1 heteroatoms. The number of hydrogen-bond acceptors (Lipinski definition) is 1. The van der Waals surface area contributed by atoms with Crippen molar-refractivity contribution in [2.24, 2.45) is 0 Å². The average molecular weight is 307 g/mol. The van der Waals surface area contributed by atoms with Gasteiger partial charge in [-0.25, -0.2) is 0 Å². The topological polar surface area (TPSA) is 12.9 Å². The molecule has 0 bridgehead atoms. The minimum atomic E-state index is 0.984. The molecule has 1 heterocycles. The third kappa shape index (κ3) is 1.91. The maximum Gasteiger partial charge on any atom is 0.0743 e. The van der Waals surface area contributed by atoms with Crippen LogP contribution in [0.5, 0.6) is 0 Å². The zero-order valence-corrected chi connectivity index (χ0v) is 13.6. The Morgan fingerprint density at radius 1 is 0.833 bits per heavy atom.